The number of carbonyl (C=O) groups excluding carboxylic acids is 1. The monoisotopic (exact) mass is 398 g/mol. The maximum atomic E-state index is 12.9. The van der Waals surface area contributed by atoms with E-state index in [1.807, 2.05) is 30.5 Å². The first-order valence-electron chi connectivity index (χ1n) is 8.11. The number of hydrogen-bond acceptors (Lipinski definition) is 5. The van der Waals surface area contributed by atoms with Gasteiger partial charge in [0.25, 0.3) is 6.43 Å². The van der Waals surface area contributed by atoms with Gasteiger partial charge in [-0.05, 0) is 36.9 Å². The lowest BCUT2D eigenvalue weighted by molar-refractivity contribution is -0.124. The van der Waals surface area contributed by atoms with Gasteiger partial charge < -0.3 is 10.4 Å². The van der Waals surface area contributed by atoms with E-state index in [2.05, 4.69) is 5.32 Å². The average molecular weight is 398 g/mol. The third kappa shape index (κ3) is 3.78. The summed E-state index contributed by atoms with van der Waals surface area (Å²) in [6, 6.07) is 8.88. The van der Waals surface area contributed by atoms with Gasteiger partial charge >= 0.3 is 0 Å². The molecule has 3 rings (SSSR count). The van der Waals surface area contributed by atoms with Crippen molar-refractivity contribution in [2.45, 2.75) is 23.5 Å². The fraction of sp³-hybridized carbons (Fsp3) is 0.389. The zero-order valence-electron chi connectivity index (χ0n) is 14.4. The van der Waals surface area contributed by atoms with Crippen LogP contribution >= 0.6 is 23.1 Å². The average Bonchev–Trinajstić information content (AvgIpc) is 3.21. The Balaban J connectivity index is 1.85. The summed E-state index contributed by atoms with van der Waals surface area (Å²) in [6.07, 6.45) is -1.58. The molecule has 1 aromatic carbocycles. The smallest absolute Gasteiger partial charge is 0.264 e. The minimum absolute atomic E-state index is 0.0408. The van der Waals surface area contributed by atoms with Gasteiger partial charge in [-0.25, -0.2) is 8.78 Å². The fourth-order valence-electron chi connectivity index (χ4n) is 3.24. The predicted molar refractivity (Wildman–Crippen MR) is 101 cm³/mol. The van der Waals surface area contributed by atoms with Gasteiger partial charge in [0, 0.05) is 27.8 Å². The van der Waals surface area contributed by atoms with Crippen molar-refractivity contribution in [2.24, 2.45) is 5.92 Å². The molecule has 0 saturated carbocycles. The summed E-state index contributed by atoms with van der Waals surface area (Å²) in [5, 5.41) is 14.8. The van der Waals surface area contributed by atoms with Crippen LogP contribution < -0.4 is 5.32 Å². The van der Waals surface area contributed by atoms with Crippen LogP contribution in [0.2, 0.25) is 0 Å². The Morgan fingerprint density at radius 2 is 2.15 bits per heavy atom. The number of alkyl halides is 2. The molecule has 2 aromatic rings. The van der Waals surface area contributed by atoms with E-state index < -0.39 is 18.6 Å². The highest BCUT2D eigenvalue weighted by molar-refractivity contribution is 7.98. The molecule has 1 amide bonds. The number of para-hydroxylation sites is 1. The Bertz CT molecular complexity index is 784. The second-order valence-corrected chi connectivity index (χ2v) is 8.05. The standard InChI is InChI=1S/C18H20F2N2O2S2/c1-22-8-11(14-7-10(9-26-14)16(19)20)15(18(22)24)17(23)21-12-5-3-4-6-13(12)25-2/h3-7,9,11,15-16,18,24H,8H2,1-2H3,(H,21,23)/t11-,15+,18?/m1/s1. The molecule has 1 unspecified atom stereocenters. The van der Waals surface area contributed by atoms with Crippen molar-refractivity contribution >= 4 is 34.7 Å². The number of aliphatic hydroxyl groups excluding tert-OH is 1. The molecule has 1 aliphatic rings. The number of likely N-dealkylation sites (N-methyl/N-ethyl adjacent to an activating group) is 1. The minimum atomic E-state index is -2.54. The Morgan fingerprint density at radius 1 is 1.42 bits per heavy atom. The van der Waals surface area contributed by atoms with Crippen LogP contribution in [0.1, 0.15) is 22.8 Å². The molecule has 4 nitrogen and oxygen atoms in total. The molecule has 8 heteroatoms. The Kier molecular flexibility index (Phi) is 5.96. The molecule has 140 valence electrons. The van der Waals surface area contributed by atoms with Crippen molar-refractivity contribution < 1.29 is 18.7 Å². The number of rotatable bonds is 5. The summed E-state index contributed by atoms with van der Waals surface area (Å²) in [5.74, 6) is -1.35. The van der Waals surface area contributed by atoms with Gasteiger partial charge in [-0.1, -0.05) is 12.1 Å². The zero-order valence-corrected chi connectivity index (χ0v) is 16.0. The van der Waals surface area contributed by atoms with E-state index >= 15 is 0 Å². The molecule has 0 spiro atoms. The number of likely N-dealkylation sites (tertiary alicyclic amines) is 1. The second kappa shape index (κ2) is 8.04. The molecule has 0 radical (unpaired) electrons. The minimum Gasteiger partial charge on any atom is -0.378 e. The van der Waals surface area contributed by atoms with Crippen molar-refractivity contribution in [1.82, 2.24) is 4.90 Å². The number of amides is 1. The third-order valence-corrected chi connectivity index (χ3v) is 6.49. The third-order valence-electron chi connectivity index (χ3n) is 4.62. The van der Waals surface area contributed by atoms with E-state index in [1.165, 1.54) is 34.5 Å². The first kappa shape index (κ1) is 19.3. The van der Waals surface area contributed by atoms with Crippen LogP contribution in [-0.4, -0.2) is 42.0 Å². The lowest BCUT2D eigenvalue weighted by Gasteiger charge is -2.21. The summed E-state index contributed by atoms with van der Waals surface area (Å²) in [6.45, 7) is 0.437. The highest BCUT2D eigenvalue weighted by Crippen LogP contribution is 2.40. The van der Waals surface area contributed by atoms with Gasteiger partial charge in [-0.15, -0.1) is 23.1 Å². The molecular weight excluding hydrogens is 378 g/mol. The quantitative estimate of drug-likeness (QED) is 0.748. The molecule has 0 bridgehead atoms. The van der Waals surface area contributed by atoms with Gasteiger partial charge in [0.1, 0.15) is 6.23 Å². The summed E-state index contributed by atoms with van der Waals surface area (Å²) in [5.41, 5.74) is 0.644. The number of aliphatic hydroxyl groups is 1. The second-order valence-electron chi connectivity index (χ2n) is 6.26. The van der Waals surface area contributed by atoms with Crippen LogP contribution in [0.3, 0.4) is 0 Å². The number of halogens is 2. The lowest BCUT2D eigenvalue weighted by atomic mass is 9.92. The molecule has 2 heterocycles. The van der Waals surface area contributed by atoms with Crippen LogP contribution in [0.15, 0.2) is 40.6 Å². The molecular formula is C18H20F2N2O2S2. The zero-order chi connectivity index (χ0) is 18.8. The number of benzene rings is 1. The first-order chi connectivity index (χ1) is 12.4. The maximum absolute atomic E-state index is 12.9. The topological polar surface area (TPSA) is 52.6 Å². The number of carbonyl (C=O) groups is 1. The van der Waals surface area contributed by atoms with Gasteiger partial charge in [-0.3, -0.25) is 9.69 Å². The molecule has 0 aliphatic carbocycles. The van der Waals surface area contributed by atoms with Gasteiger partial charge in [0.15, 0.2) is 0 Å². The van der Waals surface area contributed by atoms with Crippen LogP contribution in [0.25, 0.3) is 0 Å². The van der Waals surface area contributed by atoms with Crippen LogP contribution in [0.4, 0.5) is 14.5 Å². The molecule has 1 aromatic heterocycles. The SMILES string of the molecule is CSc1ccccc1NC(=O)[C@H]1C(O)N(C)C[C@@H]1c1cc(C(F)F)cs1. The van der Waals surface area contributed by atoms with Crippen molar-refractivity contribution in [1.29, 1.82) is 0 Å². The first-order valence-corrected chi connectivity index (χ1v) is 10.2. The van der Waals surface area contributed by atoms with Gasteiger partial charge in [0.05, 0.1) is 11.6 Å². The summed E-state index contributed by atoms with van der Waals surface area (Å²) in [7, 11) is 1.72. The van der Waals surface area contributed by atoms with Gasteiger partial charge in [0.2, 0.25) is 5.91 Å². The molecule has 1 aliphatic heterocycles. The molecule has 1 fully saturated rings. The summed E-state index contributed by atoms with van der Waals surface area (Å²) in [4.78, 5) is 16.2. The van der Waals surface area contributed by atoms with E-state index in [-0.39, 0.29) is 17.4 Å². The molecule has 2 N–H and O–H groups in total. The number of thiophene rings is 1. The Labute approximate surface area is 159 Å². The van der Waals surface area contributed by atoms with Gasteiger partial charge in [-0.2, -0.15) is 0 Å². The number of anilines is 1. The van der Waals surface area contributed by atoms with E-state index in [9.17, 15) is 18.7 Å². The fourth-order valence-corrected chi connectivity index (χ4v) is 4.84. The van der Waals surface area contributed by atoms with E-state index in [0.29, 0.717) is 17.1 Å². The number of thioether (sulfide) groups is 1. The number of hydrogen-bond donors (Lipinski definition) is 2. The molecule has 1 saturated heterocycles. The van der Waals surface area contributed by atoms with Crippen LogP contribution in [0.5, 0.6) is 0 Å². The number of nitrogens with one attached hydrogen (secondary N) is 1. The van der Waals surface area contributed by atoms with Crippen molar-refractivity contribution in [3.05, 3.63) is 46.2 Å². The van der Waals surface area contributed by atoms with Crippen LogP contribution in [0, 0.1) is 5.92 Å². The van der Waals surface area contributed by atoms with E-state index in [1.54, 1.807) is 11.9 Å². The highest BCUT2D eigenvalue weighted by Gasteiger charge is 2.45. The maximum Gasteiger partial charge on any atom is 0.264 e. The molecule has 26 heavy (non-hydrogen) atoms. The number of nitrogens with zero attached hydrogens (tertiary/aromatic N) is 1. The lowest BCUT2D eigenvalue weighted by Crippen LogP contribution is -2.36. The van der Waals surface area contributed by atoms with E-state index in [4.69, 9.17) is 0 Å². The van der Waals surface area contributed by atoms with Crippen molar-refractivity contribution in [2.75, 3.05) is 25.2 Å². The summed E-state index contributed by atoms with van der Waals surface area (Å²) < 4.78 is 25.8. The predicted octanol–water partition coefficient (Wildman–Crippen LogP) is 4.01. The Hall–Kier alpha value is -1.48. The normalized spacial score (nSPS) is 23.5. The summed E-state index contributed by atoms with van der Waals surface area (Å²) >= 11 is 2.73. The van der Waals surface area contributed by atoms with Crippen LogP contribution in [-0.2, 0) is 4.79 Å². The Morgan fingerprint density at radius 3 is 2.81 bits per heavy atom. The van der Waals surface area contributed by atoms with Crippen molar-refractivity contribution in [3.63, 3.8) is 0 Å². The molecule has 3 atom stereocenters. The van der Waals surface area contributed by atoms with E-state index in [0.717, 1.165) is 4.90 Å². The van der Waals surface area contributed by atoms with Crippen molar-refractivity contribution in [3.8, 4) is 0 Å². The largest absolute Gasteiger partial charge is 0.378 e. The highest BCUT2D eigenvalue weighted by atomic mass is 32.2.